The van der Waals surface area contributed by atoms with E-state index in [0.29, 0.717) is 18.8 Å². The number of aromatic nitrogens is 2. The Kier molecular flexibility index (Phi) is 7.27. The molecule has 0 aliphatic carbocycles. The summed E-state index contributed by atoms with van der Waals surface area (Å²) in [7, 11) is 1.69. The van der Waals surface area contributed by atoms with Crippen molar-refractivity contribution in [2.24, 2.45) is 0 Å². The molecule has 3 rings (SSSR count). The predicted octanol–water partition coefficient (Wildman–Crippen LogP) is 3.07. The lowest BCUT2D eigenvalue weighted by Crippen LogP contribution is -2.49. The topological polar surface area (TPSA) is 61.8 Å². The lowest BCUT2D eigenvalue weighted by Gasteiger charge is -2.36. The summed E-state index contributed by atoms with van der Waals surface area (Å²) in [5, 5.41) is 0. The highest BCUT2D eigenvalue weighted by atomic mass is 16.5. The van der Waals surface area contributed by atoms with Gasteiger partial charge in [0.15, 0.2) is 0 Å². The monoisotopic (exact) mass is 397 g/mol. The second-order valence-corrected chi connectivity index (χ2v) is 7.20. The molecule has 2 aromatic rings. The van der Waals surface area contributed by atoms with Crippen LogP contribution in [0.15, 0.2) is 36.7 Å². The van der Waals surface area contributed by atoms with E-state index in [0.717, 1.165) is 56.3 Å². The van der Waals surface area contributed by atoms with E-state index in [2.05, 4.69) is 39.7 Å². The first-order valence-electron chi connectivity index (χ1n) is 10.4. The molecule has 0 saturated carbocycles. The van der Waals surface area contributed by atoms with Gasteiger partial charge in [-0.2, -0.15) is 0 Å². The Morgan fingerprint density at radius 1 is 1.07 bits per heavy atom. The van der Waals surface area contributed by atoms with E-state index < -0.39 is 0 Å². The van der Waals surface area contributed by atoms with Crippen molar-refractivity contribution in [1.29, 1.82) is 0 Å². The molecule has 1 aromatic heterocycles. The fourth-order valence-electron chi connectivity index (χ4n) is 3.72. The van der Waals surface area contributed by atoms with Crippen LogP contribution in [-0.2, 0) is 0 Å². The number of amides is 1. The highest BCUT2D eigenvalue weighted by Crippen LogP contribution is 2.28. The molecule has 1 fully saturated rings. The van der Waals surface area contributed by atoms with E-state index in [-0.39, 0.29) is 5.91 Å². The molecule has 1 aromatic carbocycles. The molecular weight excluding hydrogens is 366 g/mol. The number of para-hydroxylation sites is 2. The zero-order valence-corrected chi connectivity index (χ0v) is 17.7. The molecule has 2 heterocycles. The van der Waals surface area contributed by atoms with Crippen molar-refractivity contribution >= 4 is 17.4 Å². The zero-order valence-electron chi connectivity index (χ0n) is 17.7. The number of hydrogen-bond acceptors (Lipinski definition) is 6. The number of carbonyl (C=O) groups excluding carboxylic acids is 1. The Bertz CT molecular complexity index is 799. The number of benzene rings is 1. The van der Waals surface area contributed by atoms with Crippen molar-refractivity contribution in [2.45, 2.75) is 26.7 Å². The summed E-state index contributed by atoms with van der Waals surface area (Å²) >= 11 is 0. The average Bonchev–Trinajstić information content (AvgIpc) is 2.78. The Hall–Kier alpha value is -2.83. The van der Waals surface area contributed by atoms with E-state index in [9.17, 15) is 4.79 Å². The molecule has 1 saturated heterocycles. The number of rotatable bonds is 8. The first kappa shape index (κ1) is 20.9. The van der Waals surface area contributed by atoms with Crippen LogP contribution in [-0.4, -0.2) is 67.2 Å². The van der Waals surface area contributed by atoms with Crippen LogP contribution in [0.4, 0.5) is 11.5 Å². The highest BCUT2D eigenvalue weighted by Gasteiger charge is 2.25. The minimum absolute atomic E-state index is 0.0266. The molecule has 0 radical (unpaired) electrons. The molecular formula is C22H31N5O2. The van der Waals surface area contributed by atoms with E-state index in [1.165, 1.54) is 6.33 Å². The van der Waals surface area contributed by atoms with Gasteiger partial charge in [-0.1, -0.05) is 26.0 Å². The van der Waals surface area contributed by atoms with Crippen LogP contribution in [0.5, 0.6) is 5.75 Å². The maximum Gasteiger partial charge on any atom is 0.272 e. The summed E-state index contributed by atoms with van der Waals surface area (Å²) in [6, 6.07) is 9.84. The maximum absolute atomic E-state index is 13.0. The lowest BCUT2D eigenvalue weighted by molar-refractivity contribution is 0.0740. The summed E-state index contributed by atoms with van der Waals surface area (Å²) in [5.41, 5.74) is 1.54. The molecule has 7 heteroatoms. The molecule has 0 unspecified atom stereocenters. The molecule has 1 amide bonds. The van der Waals surface area contributed by atoms with Crippen LogP contribution in [0.1, 0.15) is 37.2 Å². The molecule has 1 aliphatic heterocycles. The number of piperazine rings is 1. The first-order valence-corrected chi connectivity index (χ1v) is 10.4. The number of carbonyl (C=O) groups is 1. The van der Waals surface area contributed by atoms with Gasteiger partial charge in [0, 0.05) is 45.3 Å². The number of hydrogen-bond donors (Lipinski definition) is 0. The van der Waals surface area contributed by atoms with Crippen molar-refractivity contribution < 1.29 is 9.53 Å². The van der Waals surface area contributed by atoms with Crippen LogP contribution >= 0.6 is 0 Å². The fourth-order valence-corrected chi connectivity index (χ4v) is 3.72. The molecule has 0 bridgehead atoms. The standard InChI is InChI=1S/C22H31N5O2/c1-4-10-26(11-5-2)21-16-18(23-17-24-21)22(28)27-14-12-25(13-15-27)19-8-6-7-9-20(19)29-3/h6-9,16-17H,4-5,10-15H2,1-3H3. The number of nitrogens with zero attached hydrogens (tertiary/aromatic N) is 5. The smallest absolute Gasteiger partial charge is 0.272 e. The molecule has 1 aliphatic rings. The van der Waals surface area contributed by atoms with E-state index >= 15 is 0 Å². The van der Waals surface area contributed by atoms with Gasteiger partial charge >= 0.3 is 0 Å². The van der Waals surface area contributed by atoms with Crippen molar-refractivity contribution in [1.82, 2.24) is 14.9 Å². The van der Waals surface area contributed by atoms with Crippen molar-refractivity contribution in [3.8, 4) is 5.75 Å². The van der Waals surface area contributed by atoms with Gasteiger partial charge in [0.1, 0.15) is 23.6 Å². The molecule has 7 nitrogen and oxygen atoms in total. The second-order valence-electron chi connectivity index (χ2n) is 7.20. The van der Waals surface area contributed by atoms with Gasteiger partial charge in [0.25, 0.3) is 5.91 Å². The van der Waals surface area contributed by atoms with E-state index in [1.807, 2.05) is 29.2 Å². The van der Waals surface area contributed by atoms with Crippen LogP contribution < -0.4 is 14.5 Å². The Balaban J connectivity index is 1.67. The Morgan fingerprint density at radius 2 is 1.76 bits per heavy atom. The highest BCUT2D eigenvalue weighted by molar-refractivity contribution is 5.93. The molecule has 0 atom stereocenters. The Morgan fingerprint density at radius 3 is 2.41 bits per heavy atom. The van der Waals surface area contributed by atoms with Crippen LogP contribution in [0.25, 0.3) is 0 Å². The SMILES string of the molecule is CCCN(CCC)c1cc(C(=O)N2CCN(c3ccccc3OC)CC2)ncn1. The van der Waals surface area contributed by atoms with Gasteiger partial charge < -0.3 is 19.4 Å². The van der Waals surface area contributed by atoms with Gasteiger partial charge in [0.05, 0.1) is 12.8 Å². The van der Waals surface area contributed by atoms with Gasteiger partial charge in [-0.05, 0) is 25.0 Å². The van der Waals surface area contributed by atoms with E-state index in [4.69, 9.17) is 4.74 Å². The second kappa shape index (κ2) is 10.1. The number of anilines is 2. The molecule has 0 N–H and O–H groups in total. The lowest BCUT2D eigenvalue weighted by atomic mass is 10.2. The third-order valence-electron chi connectivity index (χ3n) is 5.18. The third-order valence-corrected chi connectivity index (χ3v) is 5.18. The third kappa shape index (κ3) is 4.96. The summed E-state index contributed by atoms with van der Waals surface area (Å²) in [6.07, 6.45) is 3.59. The average molecular weight is 398 g/mol. The number of methoxy groups -OCH3 is 1. The quantitative estimate of drug-likeness (QED) is 0.682. The molecule has 156 valence electrons. The van der Waals surface area contributed by atoms with Crippen molar-refractivity contribution in [2.75, 3.05) is 56.2 Å². The van der Waals surface area contributed by atoms with Gasteiger partial charge in [-0.3, -0.25) is 4.79 Å². The minimum Gasteiger partial charge on any atom is -0.495 e. The summed E-state index contributed by atoms with van der Waals surface area (Å²) in [4.78, 5) is 28.0. The van der Waals surface area contributed by atoms with Gasteiger partial charge in [0.2, 0.25) is 0 Å². The van der Waals surface area contributed by atoms with Crippen LogP contribution in [0, 0.1) is 0 Å². The summed E-state index contributed by atoms with van der Waals surface area (Å²) in [6.45, 7) is 9.00. The van der Waals surface area contributed by atoms with Crippen LogP contribution in [0.3, 0.4) is 0 Å². The van der Waals surface area contributed by atoms with Crippen molar-refractivity contribution in [3.63, 3.8) is 0 Å². The number of ether oxygens (including phenoxy) is 1. The zero-order chi connectivity index (χ0) is 20.6. The predicted molar refractivity (Wildman–Crippen MR) is 116 cm³/mol. The van der Waals surface area contributed by atoms with E-state index in [1.54, 1.807) is 7.11 Å². The Labute approximate surface area is 173 Å². The largest absolute Gasteiger partial charge is 0.495 e. The van der Waals surface area contributed by atoms with Crippen molar-refractivity contribution in [3.05, 3.63) is 42.4 Å². The van der Waals surface area contributed by atoms with Gasteiger partial charge in [-0.15, -0.1) is 0 Å². The fraction of sp³-hybridized carbons (Fsp3) is 0.500. The summed E-state index contributed by atoms with van der Waals surface area (Å²) < 4.78 is 5.47. The first-order chi connectivity index (χ1) is 14.2. The van der Waals surface area contributed by atoms with Gasteiger partial charge in [-0.25, -0.2) is 9.97 Å². The minimum atomic E-state index is -0.0266. The maximum atomic E-state index is 13.0. The molecule has 29 heavy (non-hydrogen) atoms. The summed E-state index contributed by atoms with van der Waals surface area (Å²) in [5.74, 6) is 1.67. The van der Waals surface area contributed by atoms with Crippen LogP contribution in [0.2, 0.25) is 0 Å². The normalized spacial score (nSPS) is 14.0. The molecule has 0 spiro atoms.